The molecule has 0 bridgehead atoms. The average Bonchev–Trinajstić information content (AvgIpc) is 2.09. The van der Waals surface area contributed by atoms with Crippen LogP contribution in [0.15, 0.2) is 0 Å². The van der Waals surface area contributed by atoms with Gasteiger partial charge in [-0.15, -0.1) is 0 Å². The molecule has 0 aromatic heterocycles. The first-order chi connectivity index (χ1) is 4.66. The highest BCUT2D eigenvalue weighted by molar-refractivity contribution is 4.83. The molecule has 1 rings (SSSR count). The van der Waals surface area contributed by atoms with Crippen LogP contribution in [-0.2, 0) is 9.47 Å². The number of aliphatic hydroxyl groups excluding tert-OH is 2. The number of aliphatic hydroxyl groups is 2. The molecule has 1 aliphatic heterocycles. The Hall–Kier alpha value is -0.160. The first-order valence-electron chi connectivity index (χ1n) is 3.21. The van der Waals surface area contributed by atoms with Crippen LogP contribution < -0.4 is 0 Å². The number of ether oxygens (including phenoxy) is 2. The van der Waals surface area contributed by atoms with Crippen LogP contribution in [0.4, 0.5) is 0 Å². The highest BCUT2D eigenvalue weighted by atomic mass is 16.7. The minimum atomic E-state index is -0.991. The van der Waals surface area contributed by atoms with Gasteiger partial charge in [-0.1, -0.05) is 0 Å². The third-order valence-corrected chi connectivity index (χ3v) is 1.72. The van der Waals surface area contributed by atoms with E-state index in [0.717, 1.165) is 0 Å². The number of hydrogen-bond acceptors (Lipinski definition) is 4. The lowest BCUT2D eigenvalue weighted by Gasteiger charge is -2.13. The molecule has 60 valence electrons. The average molecular weight is 148 g/mol. The smallest absolute Gasteiger partial charge is 0.184 e. The normalized spacial score (nSPS) is 48.0. The van der Waals surface area contributed by atoms with Crippen molar-refractivity contribution in [1.29, 1.82) is 0 Å². The molecule has 0 spiro atoms. The summed E-state index contributed by atoms with van der Waals surface area (Å²) in [5, 5.41) is 18.2. The lowest BCUT2D eigenvalue weighted by atomic mass is 10.2. The fourth-order valence-corrected chi connectivity index (χ4v) is 1.07. The van der Waals surface area contributed by atoms with Crippen molar-refractivity contribution in [3.05, 3.63) is 0 Å². The van der Waals surface area contributed by atoms with E-state index in [4.69, 9.17) is 14.6 Å². The maximum atomic E-state index is 9.22. The van der Waals surface area contributed by atoms with Crippen molar-refractivity contribution in [3.8, 4) is 0 Å². The quantitative estimate of drug-likeness (QED) is 0.506. The molecule has 0 aromatic rings. The second kappa shape index (κ2) is 2.84. The molecule has 0 amide bonds. The zero-order chi connectivity index (χ0) is 7.72. The summed E-state index contributed by atoms with van der Waals surface area (Å²) in [7, 11) is 1.43. The van der Waals surface area contributed by atoms with Crippen LogP contribution in [0.1, 0.15) is 6.92 Å². The van der Waals surface area contributed by atoms with Gasteiger partial charge in [-0.05, 0) is 6.92 Å². The van der Waals surface area contributed by atoms with E-state index in [1.54, 1.807) is 6.92 Å². The molecule has 1 heterocycles. The molecule has 10 heavy (non-hydrogen) atoms. The molecule has 1 aliphatic rings. The van der Waals surface area contributed by atoms with Crippen molar-refractivity contribution in [1.82, 2.24) is 0 Å². The zero-order valence-corrected chi connectivity index (χ0v) is 6.02. The standard InChI is InChI=1S/C6H12O4/c1-3-4(7)5(9-2)6(8)10-3/h3-8H,1-2H3/t3-,4+,5-,6-/m1/s1. The second-order valence-corrected chi connectivity index (χ2v) is 2.42. The second-order valence-electron chi connectivity index (χ2n) is 2.42. The summed E-state index contributed by atoms with van der Waals surface area (Å²) in [6.45, 7) is 1.69. The first kappa shape index (κ1) is 7.94. The van der Waals surface area contributed by atoms with E-state index in [0.29, 0.717) is 0 Å². The molecule has 1 saturated heterocycles. The number of methoxy groups -OCH3 is 1. The van der Waals surface area contributed by atoms with Gasteiger partial charge in [-0.2, -0.15) is 0 Å². The molecular weight excluding hydrogens is 136 g/mol. The van der Waals surface area contributed by atoms with Gasteiger partial charge in [0.15, 0.2) is 6.29 Å². The summed E-state index contributed by atoms with van der Waals surface area (Å²) in [4.78, 5) is 0. The predicted octanol–water partition coefficient (Wildman–Crippen LogP) is -0.901. The van der Waals surface area contributed by atoms with Crippen molar-refractivity contribution in [3.63, 3.8) is 0 Å². The lowest BCUT2D eigenvalue weighted by molar-refractivity contribution is -0.132. The molecule has 4 heteroatoms. The summed E-state index contributed by atoms with van der Waals surface area (Å²) >= 11 is 0. The van der Waals surface area contributed by atoms with Crippen LogP contribution in [0.2, 0.25) is 0 Å². The van der Waals surface area contributed by atoms with E-state index in [1.807, 2.05) is 0 Å². The van der Waals surface area contributed by atoms with E-state index >= 15 is 0 Å². The van der Waals surface area contributed by atoms with E-state index in [9.17, 15) is 5.11 Å². The van der Waals surface area contributed by atoms with Gasteiger partial charge in [0, 0.05) is 7.11 Å². The lowest BCUT2D eigenvalue weighted by Crippen LogP contribution is -2.33. The van der Waals surface area contributed by atoms with Crippen LogP contribution in [0.5, 0.6) is 0 Å². The number of rotatable bonds is 1. The van der Waals surface area contributed by atoms with Crippen molar-refractivity contribution in [2.75, 3.05) is 7.11 Å². The summed E-state index contributed by atoms with van der Waals surface area (Å²) in [6, 6.07) is 0. The Bertz CT molecular complexity index is 116. The molecule has 1 fully saturated rings. The highest BCUT2D eigenvalue weighted by Gasteiger charge is 2.40. The maximum absolute atomic E-state index is 9.22. The first-order valence-corrected chi connectivity index (χ1v) is 3.21. The Balaban J connectivity index is 2.55. The van der Waals surface area contributed by atoms with Gasteiger partial charge in [0.2, 0.25) is 0 Å². The van der Waals surface area contributed by atoms with Crippen molar-refractivity contribution < 1.29 is 19.7 Å². The van der Waals surface area contributed by atoms with Crippen molar-refractivity contribution >= 4 is 0 Å². The Morgan fingerprint density at radius 2 is 2.00 bits per heavy atom. The monoisotopic (exact) mass is 148 g/mol. The third-order valence-electron chi connectivity index (χ3n) is 1.72. The number of hydrogen-bond donors (Lipinski definition) is 2. The molecule has 4 atom stereocenters. The fourth-order valence-electron chi connectivity index (χ4n) is 1.07. The minimum Gasteiger partial charge on any atom is -0.387 e. The van der Waals surface area contributed by atoms with Crippen LogP contribution in [0, 0.1) is 0 Å². The summed E-state index contributed by atoms with van der Waals surface area (Å²) < 4.78 is 9.64. The van der Waals surface area contributed by atoms with Crippen LogP contribution in [0.3, 0.4) is 0 Å². The SMILES string of the molecule is CO[C@@H]1[C@@H](O)[C@@H](C)O[C@H]1O. The largest absolute Gasteiger partial charge is 0.387 e. The Kier molecular flexibility index (Phi) is 2.25. The van der Waals surface area contributed by atoms with E-state index in [1.165, 1.54) is 7.11 Å². The Morgan fingerprint density at radius 3 is 2.20 bits per heavy atom. The van der Waals surface area contributed by atoms with E-state index in [2.05, 4.69) is 0 Å². The van der Waals surface area contributed by atoms with Gasteiger partial charge in [0.25, 0.3) is 0 Å². The maximum Gasteiger partial charge on any atom is 0.184 e. The predicted molar refractivity (Wildman–Crippen MR) is 33.4 cm³/mol. The van der Waals surface area contributed by atoms with Gasteiger partial charge in [-0.25, -0.2) is 0 Å². The summed E-state index contributed by atoms with van der Waals surface area (Å²) in [6.07, 6.45) is -2.66. The van der Waals surface area contributed by atoms with Crippen molar-refractivity contribution in [2.45, 2.75) is 31.5 Å². The third kappa shape index (κ3) is 1.15. The van der Waals surface area contributed by atoms with Crippen LogP contribution in [-0.4, -0.2) is 41.9 Å². The van der Waals surface area contributed by atoms with Gasteiger partial charge in [-0.3, -0.25) is 0 Å². The molecule has 0 aliphatic carbocycles. The van der Waals surface area contributed by atoms with Crippen molar-refractivity contribution in [2.24, 2.45) is 0 Å². The molecule has 0 saturated carbocycles. The Labute approximate surface area is 59.4 Å². The molecule has 2 N–H and O–H groups in total. The van der Waals surface area contributed by atoms with Gasteiger partial charge in [0.1, 0.15) is 12.2 Å². The minimum absolute atomic E-state index is 0.347. The highest BCUT2D eigenvalue weighted by Crippen LogP contribution is 2.20. The Morgan fingerprint density at radius 1 is 1.40 bits per heavy atom. The van der Waals surface area contributed by atoms with Crippen LogP contribution >= 0.6 is 0 Å². The molecule has 4 nitrogen and oxygen atoms in total. The zero-order valence-electron chi connectivity index (χ0n) is 6.02. The fraction of sp³-hybridized carbons (Fsp3) is 1.00. The molecule has 0 aromatic carbocycles. The van der Waals surface area contributed by atoms with Gasteiger partial charge < -0.3 is 19.7 Å². The molecule has 0 unspecified atom stereocenters. The van der Waals surface area contributed by atoms with Gasteiger partial charge in [0.05, 0.1) is 6.10 Å². The summed E-state index contributed by atoms with van der Waals surface area (Å²) in [5.41, 5.74) is 0. The van der Waals surface area contributed by atoms with Crippen LogP contribution in [0.25, 0.3) is 0 Å². The molecular formula is C6H12O4. The van der Waals surface area contributed by atoms with E-state index < -0.39 is 18.5 Å². The summed E-state index contributed by atoms with van der Waals surface area (Å²) in [5.74, 6) is 0. The molecule has 0 radical (unpaired) electrons. The van der Waals surface area contributed by atoms with Gasteiger partial charge >= 0.3 is 0 Å². The van der Waals surface area contributed by atoms with E-state index in [-0.39, 0.29) is 6.10 Å². The topological polar surface area (TPSA) is 58.9 Å².